The number of carbonyl (C=O) groups is 1. The smallest absolute Gasteiger partial charge is 0.342 e. The second-order valence-electron chi connectivity index (χ2n) is 6.56. The quantitative estimate of drug-likeness (QED) is 0.563. The Balaban J connectivity index is 2.50. The molecular weight excluding hydrogens is 380 g/mol. The zero-order chi connectivity index (χ0) is 19.5. The minimum absolute atomic E-state index is 0.222. The SMILES string of the molecule is CC(C)(C)OC(=O)C(OS(C)(=O)=O)c1cc(Cl)cc(-c2ncccn2)c1. The van der Waals surface area contributed by atoms with E-state index >= 15 is 0 Å². The Bertz CT molecular complexity index is 895. The van der Waals surface area contributed by atoms with E-state index in [1.807, 2.05) is 0 Å². The first-order valence-corrected chi connectivity index (χ1v) is 9.83. The molecule has 7 nitrogen and oxygen atoms in total. The molecule has 2 rings (SSSR count). The van der Waals surface area contributed by atoms with Gasteiger partial charge < -0.3 is 4.74 Å². The second-order valence-corrected chi connectivity index (χ2v) is 8.60. The van der Waals surface area contributed by atoms with Crippen LogP contribution in [-0.4, -0.2) is 36.2 Å². The van der Waals surface area contributed by atoms with E-state index in [1.54, 1.807) is 51.4 Å². The van der Waals surface area contributed by atoms with Crippen molar-refractivity contribution in [3.05, 3.63) is 47.2 Å². The first-order valence-electron chi connectivity index (χ1n) is 7.63. The monoisotopic (exact) mass is 398 g/mol. The number of esters is 1. The lowest BCUT2D eigenvalue weighted by Gasteiger charge is -2.24. The number of benzene rings is 1. The van der Waals surface area contributed by atoms with Gasteiger partial charge in [0.1, 0.15) is 5.60 Å². The molecule has 9 heteroatoms. The molecule has 0 N–H and O–H groups in total. The fourth-order valence-electron chi connectivity index (χ4n) is 2.10. The van der Waals surface area contributed by atoms with Crippen LogP contribution in [0.5, 0.6) is 0 Å². The molecule has 1 aromatic carbocycles. The third-order valence-electron chi connectivity index (χ3n) is 2.94. The van der Waals surface area contributed by atoms with E-state index in [0.717, 1.165) is 6.26 Å². The molecular formula is C17H19ClN2O5S. The van der Waals surface area contributed by atoms with Crippen LogP contribution in [0.3, 0.4) is 0 Å². The lowest BCUT2D eigenvalue weighted by molar-refractivity contribution is -0.163. The highest BCUT2D eigenvalue weighted by Gasteiger charge is 2.31. The first kappa shape index (κ1) is 20.3. The van der Waals surface area contributed by atoms with Crippen LogP contribution in [0.1, 0.15) is 32.4 Å². The van der Waals surface area contributed by atoms with Crippen molar-refractivity contribution >= 4 is 27.7 Å². The topological polar surface area (TPSA) is 95.5 Å². The summed E-state index contributed by atoms with van der Waals surface area (Å²) in [4.78, 5) is 20.8. The number of nitrogens with zero attached hydrogens (tertiary/aromatic N) is 2. The molecule has 0 saturated carbocycles. The summed E-state index contributed by atoms with van der Waals surface area (Å²) in [5.41, 5.74) is -0.0847. The van der Waals surface area contributed by atoms with Gasteiger partial charge in [-0.15, -0.1) is 0 Å². The highest BCUT2D eigenvalue weighted by Crippen LogP contribution is 2.30. The number of hydrogen-bond donors (Lipinski definition) is 0. The average Bonchev–Trinajstić information content (AvgIpc) is 2.50. The predicted molar refractivity (Wildman–Crippen MR) is 97.0 cm³/mol. The molecule has 0 bridgehead atoms. The van der Waals surface area contributed by atoms with Gasteiger partial charge in [0.15, 0.2) is 11.9 Å². The van der Waals surface area contributed by atoms with Gasteiger partial charge in [-0.1, -0.05) is 11.6 Å². The molecule has 1 aromatic heterocycles. The second kappa shape index (κ2) is 7.69. The Morgan fingerprint density at radius 2 is 1.77 bits per heavy atom. The highest BCUT2D eigenvalue weighted by atomic mass is 35.5. The molecule has 0 saturated heterocycles. The third kappa shape index (κ3) is 6.05. The zero-order valence-corrected chi connectivity index (χ0v) is 16.3. The highest BCUT2D eigenvalue weighted by molar-refractivity contribution is 7.86. The first-order chi connectivity index (χ1) is 11.9. The number of rotatable bonds is 5. The van der Waals surface area contributed by atoms with E-state index in [9.17, 15) is 13.2 Å². The summed E-state index contributed by atoms with van der Waals surface area (Å²) in [7, 11) is -3.94. The number of hydrogen-bond acceptors (Lipinski definition) is 7. The van der Waals surface area contributed by atoms with Crippen LogP contribution >= 0.6 is 11.6 Å². The Morgan fingerprint density at radius 3 is 2.31 bits per heavy atom. The Labute approximate surface area is 157 Å². The molecule has 1 heterocycles. The zero-order valence-electron chi connectivity index (χ0n) is 14.8. The van der Waals surface area contributed by atoms with Crippen LogP contribution in [-0.2, 0) is 23.8 Å². The number of carbonyl (C=O) groups excluding carboxylic acids is 1. The maximum atomic E-state index is 12.5. The van der Waals surface area contributed by atoms with Crippen LogP contribution in [0, 0.1) is 0 Å². The van der Waals surface area contributed by atoms with Gasteiger partial charge in [-0.25, -0.2) is 14.8 Å². The predicted octanol–water partition coefficient (Wildman–Crippen LogP) is 3.16. The number of aromatic nitrogens is 2. The van der Waals surface area contributed by atoms with Crippen LogP contribution in [0.4, 0.5) is 0 Å². The van der Waals surface area contributed by atoms with E-state index in [4.69, 9.17) is 20.5 Å². The molecule has 0 amide bonds. The lowest BCUT2D eigenvalue weighted by atomic mass is 10.0. The van der Waals surface area contributed by atoms with Crippen LogP contribution < -0.4 is 0 Å². The summed E-state index contributed by atoms with van der Waals surface area (Å²) in [6.45, 7) is 5.01. The van der Waals surface area contributed by atoms with Crippen molar-refractivity contribution in [1.82, 2.24) is 9.97 Å². The summed E-state index contributed by atoms with van der Waals surface area (Å²) in [5, 5.41) is 0.274. The van der Waals surface area contributed by atoms with Crippen molar-refractivity contribution in [2.45, 2.75) is 32.5 Å². The van der Waals surface area contributed by atoms with Crippen molar-refractivity contribution in [2.24, 2.45) is 0 Å². The van der Waals surface area contributed by atoms with Crippen molar-refractivity contribution in [3.63, 3.8) is 0 Å². The summed E-state index contributed by atoms with van der Waals surface area (Å²) < 4.78 is 33.5. The minimum atomic E-state index is -3.94. The Kier molecular flexibility index (Phi) is 6.00. The van der Waals surface area contributed by atoms with Gasteiger partial charge in [0.25, 0.3) is 10.1 Å². The maximum Gasteiger partial charge on any atom is 0.342 e. The van der Waals surface area contributed by atoms with Gasteiger partial charge in [-0.2, -0.15) is 8.42 Å². The molecule has 0 spiro atoms. The number of ether oxygens (including phenoxy) is 1. The van der Waals surface area contributed by atoms with E-state index in [2.05, 4.69) is 9.97 Å². The van der Waals surface area contributed by atoms with Crippen molar-refractivity contribution in [3.8, 4) is 11.4 Å². The maximum absolute atomic E-state index is 12.5. The van der Waals surface area contributed by atoms with Gasteiger partial charge in [0.2, 0.25) is 0 Å². The summed E-state index contributed by atoms with van der Waals surface area (Å²) in [5.74, 6) is -0.469. The summed E-state index contributed by atoms with van der Waals surface area (Å²) in [6.07, 6.45) is 2.48. The van der Waals surface area contributed by atoms with Gasteiger partial charge in [0, 0.05) is 23.0 Å². The molecule has 140 valence electrons. The number of halogens is 1. The van der Waals surface area contributed by atoms with Gasteiger partial charge >= 0.3 is 5.97 Å². The van der Waals surface area contributed by atoms with E-state index in [-0.39, 0.29) is 10.6 Å². The third-order valence-corrected chi connectivity index (χ3v) is 3.70. The Hall–Kier alpha value is -2.03. The molecule has 1 unspecified atom stereocenters. The van der Waals surface area contributed by atoms with Crippen molar-refractivity contribution in [2.75, 3.05) is 6.26 Å². The molecule has 0 aliphatic heterocycles. The lowest BCUT2D eigenvalue weighted by Crippen LogP contribution is -2.30. The van der Waals surface area contributed by atoms with E-state index in [0.29, 0.717) is 11.4 Å². The normalized spacial score (nSPS) is 13.3. The molecule has 2 aromatic rings. The van der Waals surface area contributed by atoms with Crippen molar-refractivity contribution < 1.29 is 22.1 Å². The Morgan fingerprint density at radius 1 is 1.15 bits per heavy atom. The van der Waals surface area contributed by atoms with Crippen LogP contribution in [0.2, 0.25) is 5.02 Å². The standard InChI is InChI=1S/C17H19ClN2O5S/c1-17(2,3)24-16(21)14(25-26(4,22)23)11-8-12(10-13(18)9-11)15-19-6-5-7-20-15/h5-10,14H,1-4H3. The van der Waals surface area contributed by atoms with Gasteiger partial charge in [-0.3, -0.25) is 4.18 Å². The molecule has 0 aliphatic rings. The van der Waals surface area contributed by atoms with Crippen molar-refractivity contribution in [1.29, 1.82) is 0 Å². The minimum Gasteiger partial charge on any atom is -0.458 e. The van der Waals surface area contributed by atoms with Gasteiger partial charge in [-0.05, 0) is 50.6 Å². The van der Waals surface area contributed by atoms with Crippen LogP contribution in [0.15, 0.2) is 36.7 Å². The van der Waals surface area contributed by atoms with E-state index in [1.165, 1.54) is 6.07 Å². The molecule has 0 radical (unpaired) electrons. The summed E-state index contributed by atoms with van der Waals surface area (Å²) in [6, 6.07) is 6.24. The average molecular weight is 399 g/mol. The molecule has 0 fully saturated rings. The molecule has 1 atom stereocenters. The largest absolute Gasteiger partial charge is 0.458 e. The molecule has 26 heavy (non-hydrogen) atoms. The van der Waals surface area contributed by atoms with Crippen LogP contribution in [0.25, 0.3) is 11.4 Å². The molecule has 0 aliphatic carbocycles. The fourth-order valence-corrected chi connectivity index (χ4v) is 2.88. The van der Waals surface area contributed by atoms with Gasteiger partial charge in [0.05, 0.1) is 6.26 Å². The summed E-state index contributed by atoms with van der Waals surface area (Å²) >= 11 is 6.14. The van der Waals surface area contributed by atoms with E-state index < -0.39 is 27.8 Å². The fraction of sp³-hybridized carbons (Fsp3) is 0.353.